The number of hydrazine groups is 1. The molecule has 0 aromatic rings. The van der Waals surface area contributed by atoms with Crippen molar-refractivity contribution in [3.8, 4) is 0 Å². The van der Waals surface area contributed by atoms with Crippen molar-refractivity contribution < 1.29 is 14.7 Å². The Labute approximate surface area is 76.7 Å². The van der Waals surface area contributed by atoms with E-state index in [0.717, 1.165) is 0 Å². The van der Waals surface area contributed by atoms with E-state index in [1.54, 1.807) is 7.05 Å². The van der Waals surface area contributed by atoms with Crippen LogP contribution in [-0.2, 0) is 9.59 Å². The van der Waals surface area contributed by atoms with Crippen molar-refractivity contribution in [2.24, 2.45) is 0 Å². The lowest BCUT2D eigenvalue weighted by molar-refractivity contribution is -0.126. The molecule has 13 heavy (non-hydrogen) atoms. The number of aliphatic hydroxyl groups is 1. The second-order valence-electron chi connectivity index (χ2n) is 2.37. The summed E-state index contributed by atoms with van der Waals surface area (Å²) in [6.45, 7) is 0.140. The van der Waals surface area contributed by atoms with Crippen LogP contribution in [-0.4, -0.2) is 37.1 Å². The molecule has 0 radical (unpaired) electrons. The quantitative estimate of drug-likeness (QED) is 0.368. The molecule has 0 aliphatic carbocycles. The SMILES string of the molecule is CNNC(=O)CCC(=O)NCCO. The third kappa shape index (κ3) is 7.23. The van der Waals surface area contributed by atoms with Crippen LogP contribution in [0.3, 0.4) is 0 Å². The summed E-state index contributed by atoms with van der Waals surface area (Å²) in [7, 11) is 1.57. The van der Waals surface area contributed by atoms with Crippen LogP contribution in [0, 0.1) is 0 Å². The number of rotatable bonds is 6. The van der Waals surface area contributed by atoms with Gasteiger partial charge in [0.25, 0.3) is 0 Å². The molecule has 0 aliphatic rings. The predicted octanol–water partition coefficient (Wildman–Crippen LogP) is -1.87. The molecular formula is C7H15N3O3. The highest BCUT2D eigenvalue weighted by atomic mass is 16.3. The zero-order valence-corrected chi connectivity index (χ0v) is 7.59. The first-order valence-electron chi connectivity index (χ1n) is 4.04. The molecule has 6 heteroatoms. The monoisotopic (exact) mass is 189 g/mol. The number of nitrogens with one attached hydrogen (secondary N) is 3. The predicted molar refractivity (Wildman–Crippen MR) is 46.5 cm³/mol. The summed E-state index contributed by atoms with van der Waals surface area (Å²) in [6, 6.07) is 0. The average Bonchev–Trinajstić information content (AvgIpc) is 2.12. The first kappa shape index (κ1) is 11.9. The topological polar surface area (TPSA) is 90.5 Å². The van der Waals surface area contributed by atoms with E-state index in [-0.39, 0.29) is 37.8 Å². The Bertz CT molecular complexity index is 172. The maximum atomic E-state index is 10.9. The minimum Gasteiger partial charge on any atom is -0.395 e. The van der Waals surface area contributed by atoms with Crippen LogP contribution in [0.4, 0.5) is 0 Å². The number of aliphatic hydroxyl groups excluding tert-OH is 1. The van der Waals surface area contributed by atoms with Gasteiger partial charge >= 0.3 is 0 Å². The first-order chi connectivity index (χ1) is 6.20. The van der Waals surface area contributed by atoms with Gasteiger partial charge in [0.2, 0.25) is 11.8 Å². The van der Waals surface area contributed by atoms with Gasteiger partial charge in [-0.1, -0.05) is 0 Å². The molecule has 0 aromatic heterocycles. The third-order valence-corrected chi connectivity index (χ3v) is 1.28. The Balaban J connectivity index is 3.40. The van der Waals surface area contributed by atoms with Crippen LogP contribution in [0.25, 0.3) is 0 Å². The summed E-state index contributed by atoms with van der Waals surface area (Å²) in [5.74, 6) is -0.470. The van der Waals surface area contributed by atoms with Crippen molar-refractivity contribution in [3.05, 3.63) is 0 Å². The second-order valence-corrected chi connectivity index (χ2v) is 2.37. The summed E-state index contributed by atoms with van der Waals surface area (Å²) in [6.07, 6.45) is 0.269. The molecule has 0 fully saturated rings. The lowest BCUT2D eigenvalue weighted by Gasteiger charge is -2.03. The molecule has 0 bridgehead atoms. The highest BCUT2D eigenvalue weighted by Gasteiger charge is 2.04. The molecule has 2 amide bonds. The molecule has 0 heterocycles. The van der Waals surface area contributed by atoms with Crippen LogP contribution in [0.15, 0.2) is 0 Å². The lowest BCUT2D eigenvalue weighted by atomic mass is 10.3. The standard InChI is InChI=1S/C7H15N3O3/c1-8-10-7(13)3-2-6(12)9-4-5-11/h8,11H,2-5H2,1H3,(H,9,12)(H,10,13). The summed E-state index contributed by atoms with van der Waals surface area (Å²) in [5, 5.41) is 10.8. The maximum absolute atomic E-state index is 10.9. The molecule has 0 unspecified atom stereocenters. The largest absolute Gasteiger partial charge is 0.395 e. The lowest BCUT2D eigenvalue weighted by Crippen LogP contribution is -2.35. The van der Waals surface area contributed by atoms with Gasteiger partial charge in [-0.05, 0) is 0 Å². The molecule has 0 atom stereocenters. The van der Waals surface area contributed by atoms with Gasteiger partial charge in [-0.15, -0.1) is 0 Å². The average molecular weight is 189 g/mol. The Hall–Kier alpha value is -1.14. The van der Waals surface area contributed by atoms with Gasteiger partial charge in [-0.2, -0.15) is 0 Å². The summed E-state index contributed by atoms with van der Waals surface area (Å²) in [5.41, 5.74) is 4.80. The number of carbonyl (C=O) groups excluding carboxylic acids is 2. The maximum Gasteiger partial charge on any atom is 0.234 e. The number of amides is 2. The van der Waals surface area contributed by atoms with E-state index in [4.69, 9.17) is 5.11 Å². The van der Waals surface area contributed by atoms with E-state index < -0.39 is 0 Å². The van der Waals surface area contributed by atoms with Gasteiger partial charge in [0.05, 0.1) is 6.61 Å². The fourth-order valence-corrected chi connectivity index (χ4v) is 0.713. The fraction of sp³-hybridized carbons (Fsp3) is 0.714. The van der Waals surface area contributed by atoms with Crippen LogP contribution in [0.2, 0.25) is 0 Å². The highest BCUT2D eigenvalue weighted by molar-refractivity contribution is 5.83. The molecule has 0 spiro atoms. The Morgan fingerprint density at radius 1 is 1.23 bits per heavy atom. The normalized spacial score (nSPS) is 9.38. The van der Waals surface area contributed by atoms with Gasteiger partial charge in [-0.25, -0.2) is 5.43 Å². The molecule has 0 aromatic carbocycles. The zero-order valence-electron chi connectivity index (χ0n) is 7.59. The summed E-state index contributed by atoms with van der Waals surface area (Å²) >= 11 is 0. The van der Waals surface area contributed by atoms with Crippen LogP contribution < -0.4 is 16.2 Å². The van der Waals surface area contributed by atoms with Crippen molar-refractivity contribution >= 4 is 11.8 Å². The Morgan fingerprint density at radius 2 is 1.85 bits per heavy atom. The van der Waals surface area contributed by atoms with Crippen molar-refractivity contribution in [2.75, 3.05) is 20.2 Å². The molecule has 0 rings (SSSR count). The van der Waals surface area contributed by atoms with Crippen LogP contribution in [0.1, 0.15) is 12.8 Å². The van der Waals surface area contributed by atoms with E-state index in [1.807, 2.05) is 0 Å². The zero-order chi connectivity index (χ0) is 10.1. The minimum absolute atomic E-state index is 0.0888. The molecule has 0 saturated carbocycles. The first-order valence-corrected chi connectivity index (χ1v) is 4.04. The fourth-order valence-electron chi connectivity index (χ4n) is 0.713. The van der Waals surface area contributed by atoms with E-state index in [0.29, 0.717) is 0 Å². The van der Waals surface area contributed by atoms with Crippen molar-refractivity contribution in [1.82, 2.24) is 16.2 Å². The Kier molecular flexibility index (Phi) is 6.85. The van der Waals surface area contributed by atoms with Gasteiger partial charge in [0.1, 0.15) is 0 Å². The summed E-state index contributed by atoms with van der Waals surface area (Å²) in [4.78, 5) is 21.7. The van der Waals surface area contributed by atoms with Crippen LogP contribution in [0.5, 0.6) is 0 Å². The molecule has 6 nitrogen and oxygen atoms in total. The van der Waals surface area contributed by atoms with Gasteiger partial charge in [-0.3, -0.25) is 15.0 Å². The number of hydrogen-bond donors (Lipinski definition) is 4. The molecule has 4 N–H and O–H groups in total. The molecule has 0 saturated heterocycles. The van der Waals surface area contributed by atoms with E-state index >= 15 is 0 Å². The molecular weight excluding hydrogens is 174 g/mol. The van der Waals surface area contributed by atoms with Gasteiger partial charge in [0, 0.05) is 26.4 Å². The summed E-state index contributed by atoms with van der Waals surface area (Å²) < 4.78 is 0. The van der Waals surface area contributed by atoms with Crippen molar-refractivity contribution in [3.63, 3.8) is 0 Å². The highest BCUT2D eigenvalue weighted by Crippen LogP contribution is 1.87. The number of hydrogen-bond acceptors (Lipinski definition) is 4. The third-order valence-electron chi connectivity index (χ3n) is 1.28. The second kappa shape index (κ2) is 7.51. The van der Waals surface area contributed by atoms with Gasteiger partial charge in [0.15, 0.2) is 0 Å². The van der Waals surface area contributed by atoms with Crippen molar-refractivity contribution in [1.29, 1.82) is 0 Å². The smallest absolute Gasteiger partial charge is 0.234 e. The van der Waals surface area contributed by atoms with E-state index in [2.05, 4.69) is 16.2 Å². The van der Waals surface area contributed by atoms with Crippen LogP contribution >= 0.6 is 0 Å². The van der Waals surface area contributed by atoms with Crippen molar-refractivity contribution in [2.45, 2.75) is 12.8 Å². The van der Waals surface area contributed by atoms with E-state index in [1.165, 1.54) is 0 Å². The molecule has 0 aliphatic heterocycles. The Morgan fingerprint density at radius 3 is 2.38 bits per heavy atom. The van der Waals surface area contributed by atoms with Gasteiger partial charge < -0.3 is 10.4 Å². The number of carbonyl (C=O) groups is 2. The minimum atomic E-state index is -0.236. The van der Waals surface area contributed by atoms with E-state index in [9.17, 15) is 9.59 Å². The molecule has 76 valence electrons.